The molecule has 3 fully saturated rings. The molecule has 4 aliphatic rings. The summed E-state index contributed by atoms with van der Waals surface area (Å²) in [6.07, 6.45) is 10.1. The number of fused-ring (bicyclic) bond motifs is 5. The number of halogens is 1. The highest BCUT2D eigenvalue weighted by atomic mass is 127. The number of amides is 2. The predicted octanol–water partition coefficient (Wildman–Crippen LogP) is 3.09. The summed E-state index contributed by atoms with van der Waals surface area (Å²) < 4.78 is 0. The molecule has 2 saturated carbocycles. The fourth-order valence-electron chi connectivity index (χ4n) is 6.36. The number of likely N-dealkylation sites (tertiary alicyclic amines) is 1. The van der Waals surface area contributed by atoms with Gasteiger partial charge in [-0.3, -0.25) is 19.5 Å². The number of carbonyl (C=O) groups is 2. The highest BCUT2D eigenvalue weighted by molar-refractivity contribution is 14.0. The van der Waals surface area contributed by atoms with Gasteiger partial charge in [-0.05, 0) is 36.7 Å². The molecule has 3 aliphatic carbocycles. The Morgan fingerprint density at radius 2 is 1.66 bits per heavy atom. The molecular weight excluding hydrogens is 515 g/mol. The first kappa shape index (κ1) is 23.3. The lowest BCUT2D eigenvalue weighted by Gasteiger charge is -2.31. The van der Waals surface area contributed by atoms with Crippen molar-refractivity contribution < 1.29 is 9.59 Å². The maximum atomic E-state index is 12.8. The summed E-state index contributed by atoms with van der Waals surface area (Å²) in [6.45, 7) is 1.74. The number of guanidine groups is 1. The van der Waals surface area contributed by atoms with Crippen LogP contribution in [0.5, 0.6) is 0 Å². The maximum absolute atomic E-state index is 12.8. The van der Waals surface area contributed by atoms with Crippen LogP contribution in [0.3, 0.4) is 0 Å². The summed E-state index contributed by atoms with van der Waals surface area (Å²) in [5.41, 5.74) is 1.53. The Hall–Kier alpha value is -1.90. The molecule has 7 heteroatoms. The summed E-state index contributed by atoms with van der Waals surface area (Å²) in [7, 11) is 1.76. The van der Waals surface area contributed by atoms with Crippen LogP contribution < -0.4 is 10.6 Å². The topological polar surface area (TPSA) is 73.8 Å². The van der Waals surface area contributed by atoms with E-state index in [1.165, 1.54) is 36.1 Å². The molecule has 4 atom stereocenters. The van der Waals surface area contributed by atoms with Crippen LogP contribution in [-0.2, 0) is 15.0 Å². The molecular formula is C25H33IN4O2. The molecule has 1 saturated heterocycles. The van der Waals surface area contributed by atoms with Crippen molar-refractivity contribution in [3.05, 3.63) is 48.0 Å². The monoisotopic (exact) mass is 548 g/mol. The molecule has 1 aromatic carbocycles. The van der Waals surface area contributed by atoms with Crippen LogP contribution in [-0.4, -0.2) is 49.4 Å². The zero-order valence-electron chi connectivity index (χ0n) is 18.6. The van der Waals surface area contributed by atoms with E-state index in [2.05, 4.69) is 58.1 Å². The minimum atomic E-state index is -0.118. The van der Waals surface area contributed by atoms with Crippen LogP contribution in [0.25, 0.3) is 0 Å². The number of hydrogen-bond donors (Lipinski definition) is 2. The number of allylic oxidation sites excluding steroid dienone is 2. The second kappa shape index (κ2) is 9.53. The van der Waals surface area contributed by atoms with E-state index in [0.717, 1.165) is 18.9 Å². The van der Waals surface area contributed by atoms with Gasteiger partial charge in [0.25, 0.3) is 0 Å². The number of aliphatic imine (C=N–C) groups is 1. The second-order valence-corrected chi connectivity index (χ2v) is 9.53. The van der Waals surface area contributed by atoms with Crippen molar-refractivity contribution in [3.8, 4) is 0 Å². The summed E-state index contributed by atoms with van der Waals surface area (Å²) in [5, 5.41) is 6.81. The van der Waals surface area contributed by atoms with Crippen LogP contribution in [0.15, 0.2) is 47.5 Å². The van der Waals surface area contributed by atoms with Crippen molar-refractivity contribution in [2.24, 2.45) is 28.7 Å². The van der Waals surface area contributed by atoms with Gasteiger partial charge in [-0.25, -0.2) is 0 Å². The highest BCUT2D eigenvalue weighted by Gasteiger charge is 2.58. The molecule has 2 bridgehead atoms. The molecule has 1 aromatic rings. The number of nitrogens with one attached hydrogen (secondary N) is 2. The Bertz CT molecular complexity index is 880. The SMILES string of the molecule is CN=C(NCCN1C(=O)C2C3C=CC(C3)C2C1=O)NCC1(c2ccccc2)CCCC1.I. The van der Waals surface area contributed by atoms with E-state index in [1.54, 1.807) is 7.05 Å². The Morgan fingerprint density at radius 1 is 1.03 bits per heavy atom. The molecule has 4 unspecified atom stereocenters. The summed E-state index contributed by atoms with van der Waals surface area (Å²) in [5.74, 6) is 1.05. The van der Waals surface area contributed by atoms with E-state index >= 15 is 0 Å². The Balaban J connectivity index is 0.00000245. The van der Waals surface area contributed by atoms with E-state index in [4.69, 9.17) is 0 Å². The van der Waals surface area contributed by atoms with Gasteiger partial charge in [0, 0.05) is 32.1 Å². The van der Waals surface area contributed by atoms with E-state index in [0.29, 0.717) is 13.1 Å². The molecule has 0 spiro atoms. The van der Waals surface area contributed by atoms with Gasteiger partial charge in [0.15, 0.2) is 5.96 Å². The Labute approximate surface area is 207 Å². The third-order valence-electron chi connectivity index (χ3n) is 7.95. The van der Waals surface area contributed by atoms with Crippen LogP contribution in [0.1, 0.15) is 37.7 Å². The number of carbonyl (C=O) groups excluding carboxylic acids is 2. The average molecular weight is 548 g/mol. The van der Waals surface area contributed by atoms with Crippen LogP contribution in [0.2, 0.25) is 0 Å². The van der Waals surface area contributed by atoms with E-state index < -0.39 is 0 Å². The molecule has 1 aliphatic heterocycles. The Morgan fingerprint density at radius 3 is 2.25 bits per heavy atom. The molecule has 0 radical (unpaired) electrons. The van der Waals surface area contributed by atoms with Crippen molar-refractivity contribution in [2.45, 2.75) is 37.5 Å². The van der Waals surface area contributed by atoms with Crippen molar-refractivity contribution in [1.29, 1.82) is 0 Å². The molecule has 2 amide bonds. The minimum absolute atomic E-state index is 0. The standard InChI is InChI=1S/C25H32N4O2.HI/c1-26-24(28-16-25(11-5-6-12-25)19-7-3-2-4-8-19)27-13-14-29-22(30)20-17-9-10-18(15-17)21(20)23(29)31;/h2-4,7-10,17-18,20-21H,5-6,11-16H2,1H3,(H2,26,27,28);1H. The fraction of sp³-hybridized carbons (Fsp3) is 0.560. The lowest BCUT2D eigenvalue weighted by molar-refractivity contribution is -0.140. The molecule has 0 aromatic heterocycles. The van der Waals surface area contributed by atoms with Crippen molar-refractivity contribution >= 4 is 41.8 Å². The molecule has 1 heterocycles. The highest BCUT2D eigenvalue weighted by Crippen LogP contribution is 2.52. The van der Waals surface area contributed by atoms with Crippen LogP contribution in [0, 0.1) is 23.7 Å². The number of hydrogen-bond acceptors (Lipinski definition) is 3. The smallest absolute Gasteiger partial charge is 0.233 e. The van der Waals surface area contributed by atoms with Gasteiger partial charge in [0.2, 0.25) is 11.8 Å². The molecule has 2 N–H and O–H groups in total. The average Bonchev–Trinajstić information content (AvgIpc) is 3.58. The number of benzene rings is 1. The normalized spacial score (nSPS) is 29.9. The first-order valence-electron chi connectivity index (χ1n) is 11.7. The quantitative estimate of drug-likeness (QED) is 0.189. The van der Waals surface area contributed by atoms with Gasteiger partial charge in [-0.15, -0.1) is 24.0 Å². The van der Waals surface area contributed by atoms with Gasteiger partial charge in [-0.2, -0.15) is 0 Å². The minimum Gasteiger partial charge on any atom is -0.356 e. The van der Waals surface area contributed by atoms with E-state index in [9.17, 15) is 9.59 Å². The van der Waals surface area contributed by atoms with Gasteiger partial charge in [0.05, 0.1) is 11.8 Å². The third-order valence-corrected chi connectivity index (χ3v) is 7.95. The maximum Gasteiger partial charge on any atom is 0.233 e. The van der Waals surface area contributed by atoms with E-state index in [1.807, 2.05) is 0 Å². The molecule has 172 valence electrons. The largest absolute Gasteiger partial charge is 0.356 e. The fourth-order valence-corrected chi connectivity index (χ4v) is 6.36. The zero-order chi connectivity index (χ0) is 21.4. The third kappa shape index (κ3) is 3.97. The van der Waals surface area contributed by atoms with Gasteiger partial charge in [0.1, 0.15) is 0 Å². The lowest BCUT2D eigenvalue weighted by atomic mass is 9.79. The van der Waals surface area contributed by atoms with Crippen LogP contribution in [0.4, 0.5) is 0 Å². The molecule has 5 rings (SSSR count). The summed E-state index contributed by atoms with van der Waals surface area (Å²) in [4.78, 5) is 31.5. The summed E-state index contributed by atoms with van der Waals surface area (Å²) >= 11 is 0. The van der Waals surface area contributed by atoms with E-state index in [-0.39, 0.29) is 64.9 Å². The van der Waals surface area contributed by atoms with Gasteiger partial charge < -0.3 is 10.6 Å². The van der Waals surface area contributed by atoms with Crippen molar-refractivity contribution in [1.82, 2.24) is 15.5 Å². The van der Waals surface area contributed by atoms with Gasteiger partial charge >= 0.3 is 0 Å². The predicted molar refractivity (Wildman–Crippen MR) is 136 cm³/mol. The summed E-state index contributed by atoms with van der Waals surface area (Å²) in [6, 6.07) is 10.8. The zero-order valence-corrected chi connectivity index (χ0v) is 21.0. The molecule has 6 nitrogen and oxygen atoms in total. The van der Waals surface area contributed by atoms with Crippen molar-refractivity contribution in [2.75, 3.05) is 26.7 Å². The molecule has 32 heavy (non-hydrogen) atoms. The second-order valence-electron chi connectivity index (χ2n) is 9.53. The lowest BCUT2D eigenvalue weighted by Crippen LogP contribution is -2.47. The Kier molecular flexibility index (Phi) is 6.93. The first-order valence-corrected chi connectivity index (χ1v) is 11.7. The van der Waals surface area contributed by atoms with Crippen molar-refractivity contribution in [3.63, 3.8) is 0 Å². The number of nitrogens with zero attached hydrogens (tertiary/aromatic N) is 2. The number of rotatable bonds is 6. The first-order chi connectivity index (χ1) is 15.1. The number of imide groups is 1. The van der Waals surface area contributed by atoms with Crippen LogP contribution >= 0.6 is 24.0 Å². The van der Waals surface area contributed by atoms with Gasteiger partial charge in [-0.1, -0.05) is 55.3 Å².